The highest BCUT2D eigenvalue weighted by atomic mass is 16.5. The van der Waals surface area contributed by atoms with Gasteiger partial charge >= 0.3 is 0 Å². The van der Waals surface area contributed by atoms with Gasteiger partial charge in [-0.05, 0) is 25.2 Å². The summed E-state index contributed by atoms with van der Waals surface area (Å²) in [4.78, 5) is 0. The normalized spacial score (nSPS) is 38.8. The van der Waals surface area contributed by atoms with Crippen LogP contribution in [-0.4, -0.2) is 31.8 Å². The van der Waals surface area contributed by atoms with Crippen molar-refractivity contribution in [2.24, 2.45) is 11.7 Å². The van der Waals surface area contributed by atoms with E-state index in [9.17, 15) is 0 Å². The van der Waals surface area contributed by atoms with E-state index in [1.165, 1.54) is 32.1 Å². The van der Waals surface area contributed by atoms with Gasteiger partial charge in [0, 0.05) is 25.2 Å². The van der Waals surface area contributed by atoms with Gasteiger partial charge in [0.25, 0.3) is 0 Å². The van der Waals surface area contributed by atoms with Crippen molar-refractivity contribution in [3.8, 4) is 0 Å². The van der Waals surface area contributed by atoms with Crippen LogP contribution in [0.25, 0.3) is 0 Å². The van der Waals surface area contributed by atoms with Gasteiger partial charge in [-0.15, -0.1) is 0 Å². The lowest BCUT2D eigenvalue weighted by atomic mass is 9.90. The zero-order valence-corrected chi connectivity index (χ0v) is 8.87. The van der Waals surface area contributed by atoms with Crippen LogP contribution in [0.5, 0.6) is 0 Å². The molecule has 3 nitrogen and oxygen atoms in total. The van der Waals surface area contributed by atoms with Crippen molar-refractivity contribution in [2.45, 2.75) is 44.2 Å². The summed E-state index contributed by atoms with van der Waals surface area (Å²) in [6.45, 7) is 2.98. The smallest absolute Gasteiger partial charge is 0.0507 e. The Kier molecular flexibility index (Phi) is 3.79. The van der Waals surface area contributed by atoms with Crippen LogP contribution in [0.4, 0.5) is 0 Å². The van der Waals surface area contributed by atoms with E-state index in [1.807, 2.05) is 0 Å². The standard InChI is InChI=1S/C11H22N2O/c12-10-3-1-2-4-11(10)13-7-9-5-6-14-8-9/h9-11,13H,1-8,12H2. The second-order valence-corrected chi connectivity index (χ2v) is 4.69. The van der Waals surface area contributed by atoms with Gasteiger partial charge in [-0.1, -0.05) is 12.8 Å². The van der Waals surface area contributed by atoms with E-state index in [2.05, 4.69) is 5.32 Å². The van der Waals surface area contributed by atoms with Crippen LogP contribution in [0, 0.1) is 5.92 Å². The minimum atomic E-state index is 0.381. The molecule has 0 aromatic rings. The van der Waals surface area contributed by atoms with Gasteiger partial charge in [0.05, 0.1) is 6.61 Å². The fourth-order valence-electron chi connectivity index (χ4n) is 2.48. The number of rotatable bonds is 3. The summed E-state index contributed by atoms with van der Waals surface area (Å²) in [5.41, 5.74) is 6.07. The summed E-state index contributed by atoms with van der Waals surface area (Å²) in [7, 11) is 0. The average molecular weight is 198 g/mol. The highest BCUT2D eigenvalue weighted by Crippen LogP contribution is 2.18. The molecule has 2 aliphatic rings. The average Bonchev–Trinajstić information content (AvgIpc) is 2.69. The van der Waals surface area contributed by atoms with Gasteiger partial charge in [-0.25, -0.2) is 0 Å². The molecule has 3 atom stereocenters. The third-order valence-electron chi connectivity index (χ3n) is 3.51. The molecular weight excluding hydrogens is 176 g/mol. The molecule has 1 aliphatic carbocycles. The molecule has 0 bridgehead atoms. The maximum atomic E-state index is 6.07. The molecule has 0 aromatic carbocycles. The third-order valence-corrected chi connectivity index (χ3v) is 3.51. The predicted octanol–water partition coefficient (Wildman–Crippen LogP) is 0.882. The molecule has 0 spiro atoms. The molecule has 1 saturated carbocycles. The van der Waals surface area contributed by atoms with Crippen LogP contribution in [0.3, 0.4) is 0 Å². The predicted molar refractivity (Wildman–Crippen MR) is 57.2 cm³/mol. The molecule has 2 fully saturated rings. The van der Waals surface area contributed by atoms with Gasteiger partial charge in [0.2, 0.25) is 0 Å². The number of hydrogen-bond donors (Lipinski definition) is 2. The van der Waals surface area contributed by atoms with E-state index < -0.39 is 0 Å². The van der Waals surface area contributed by atoms with Gasteiger partial charge in [-0.2, -0.15) is 0 Å². The fraction of sp³-hybridized carbons (Fsp3) is 1.00. The van der Waals surface area contributed by atoms with Crippen LogP contribution >= 0.6 is 0 Å². The lowest BCUT2D eigenvalue weighted by molar-refractivity contribution is 0.183. The highest BCUT2D eigenvalue weighted by molar-refractivity contribution is 4.84. The van der Waals surface area contributed by atoms with Crippen molar-refractivity contribution in [1.82, 2.24) is 5.32 Å². The molecule has 1 saturated heterocycles. The highest BCUT2D eigenvalue weighted by Gasteiger charge is 2.23. The molecular formula is C11H22N2O. The summed E-state index contributed by atoms with van der Waals surface area (Å²) in [6.07, 6.45) is 6.32. The van der Waals surface area contributed by atoms with Crippen molar-refractivity contribution >= 4 is 0 Å². The second kappa shape index (κ2) is 5.10. The van der Waals surface area contributed by atoms with Crippen LogP contribution in [0.1, 0.15) is 32.1 Å². The molecule has 0 aromatic heterocycles. The Morgan fingerprint density at radius 2 is 2.07 bits per heavy atom. The summed E-state index contributed by atoms with van der Waals surface area (Å²) in [6, 6.07) is 0.940. The minimum absolute atomic E-state index is 0.381. The zero-order chi connectivity index (χ0) is 9.80. The molecule has 82 valence electrons. The molecule has 0 amide bonds. The van der Waals surface area contributed by atoms with Gasteiger partial charge in [-0.3, -0.25) is 0 Å². The zero-order valence-electron chi connectivity index (χ0n) is 8.87. The Hall–Kier alpha value is -0.120. The van der Waals surface area contributed by atoms with Crippen molar-refractivity contribution in [2.75, 3.05) is 19.8 Å². The van der Waals surface area contributed by atoms with E-state index in [0.717, 1.165) is 25.7 Å². The Balaban J connectivity index is 1.67. The lowest BCUT2D eigenvalue weighted by Gasteiger charge is -2.30. The first-order valence-electron chi connectivity index (χ1n) is 5.93. The largest absolute Gasteiger partial charge is 0.381 e. The van der Waals surface area contributed by atoms with Crippen molar-refractivity contribution in [3.05, 3.63) is 0 Å². The van der Waals surface area contributed by atoms with E-state index in [0.29, 0.717) is 12.1 Å². The topological polar surface area (TPSA) is 47.3 Å². The van der Waals surface area contributed by atoms with E-state index in [4.69, 9.17) is 10.5 Å². The molecule has 3 heteroatoms. The SMILES string of the molecule is NC1CCCCC1NCC1CCOC1. The Labute approximate surface area is 86.4 Å². The molecule has 1 aliphatic heterocycles. The van der Waals surface area contributed by atoms with E-state index in [1.54, 1.807) is 0 Å². The Morgan fingerprint density at radius 3 is 2.79 bits per heavy atom. The number of ether oxygens (including phenoxy) is 1. The number of nitrogens with one attached hydrogen (secondary N) is 1. The van der Waals surface area contributed by atoms with Gasteiger partial charge < -0.3 is 15.8 Å². The summed E-state index contributed by atoms with van der Waals surface area (Å²) < 4.78 is 5.35. The maximum absolute atomic E-state index is 6.07. The number of nitrogens with two attached hydrogens (primary N) is 1. The molecule has 2 rings (SSSR count). The Morgan fingerprint density at radius 1 is 1.21 bits per heavy atom. The van der Waals surface area contributed by atoms with Crippen LogP contribution in [0.15, 0.2) is 0 Å². The molecule has 3 N–H and O–H groups in total. The van der Waals surface area contributed by atoms with Crippen molar-refractivity contribution in [1.29, 1.82) is 0 Å². The molecule has 14 heavy (non-hydrogen) atoms. The first-order valence-corrected chi connectivity index (χ1v) is 5.93. The molecule has 1 heterocycles. The van der Waals surface area contributed by atoms with E-state index in [-0.39, 0.29) is 0 Å². The summed E-state index contributed by atoms with van der Waals surface area (Å²) in [5, 5.41) is 3.61. The molecule has 3 unspecified atom stereocenters. The third kappa shape index (κ3) is 2.69. The van der Waals surface area contributed by atoms with E-state index >= 15 is 0 Å². The number of hydrogen-bond acceptors (Lipinski definition) is 3. The van der Waals surface area contributed by atoms with Crippen LogP contribution in [0.2, 0.25) is 0 Å². The Bertz CT molecular complexity index is 169. The maximum Gasteiger partial charge on any atom is 0.0507 e. The van der Waals surface area contributed by atoms with Crippen LogP contribution < -0.4 is 11.1 Å². The quantitative estimate of drug-likeness (QED) is 0.708. The second-order valence-electron chi connectivity index (χ2n) is 4.69. The van der Waals surface area contributed by atoms with Gasteiger partial charge in [0.1, 0.15) is 0 Å². The summed E-state index contributed by atoms with van der Waals surface area (Å²) in [5.74, 6) is 0.726. The first-order chi connectivity index (χ1) is 6.86. The monoisotopic (exact) mass is 198 g/mol. The van der Waals surface area contributed by atoms with Crippen molar-refractivity contribution < 1.29 is 4.74 Å². The fourth-order valence-corrected chi connectivity index (χ4v) is 2.48. The minimum Gasteiger partial charge on any atom is -0.381 e. The van der Waals surface area contributed by atoms with Crippen molar-refractivity contribution in [3.63, 3.8) is 0 Å². The van der Waals surface area contributed by atoms with Gasteiger partial charge in [0.15, 0.2) is 0 Å². The molecule has 0 radical (unpaired) electrons. The summed E-state index contributed by atoms with van der Waals surface area (Å²) >= 11 is 0. The van der Waals surface area contributed by atoms with Crippen LogP contribution in [-0.2, 0) is 4.74 Å². The first kappa shape index (κ1) is 10.4. The lowest BCUT2D eigenvalue weighted by Crippen LogP contribution is -2.48.